The fraction of sp³-hybridized carbons (Fsp3) is 0.0435. The number of carbonyl (C=O) groups is 2. The molecule has 0 unspecified atom stereocenters. The molecule has 1 N–H and O–H groups in total. The topological polar surface area (TPSA) is 67.5 Å². The third kappa shape index (κ3) is 5.36. The molecule has 0 spiro atoms. The van der Waals surface area contributed by atoms with E-state index in [1.807, 2.05) is 0 Å². The number of halogens is 7. The van der Waals surface area contributed by atoms with Crippen molar-refractivity contribution in [2.75, 3.05) is 0 Å². The summed E-state index contributed by atoms with van der Waals surface area (Å²) in [5.74, 6) is -2.65. The van der Waals surface area contributed by atoms with Crippen molar-refractivity contribution in [3.8, 4) is 5.75 Å². The van der Waals surface area contributed by atoms with Crippen LogP contribution in [-0.2, 0) is 6.18 Å². The van der Waals surface area contributed by atoms with Crippen LogP contribution in [-0.4, -0.2) is 17.2 Å². The van der Waals surface area contributed by atoms with E-state index in [1.54, 1.807) is 0 Å². The highest BCUT2D eigenvalue weighted by Crippen LogP contribution is 2.32. The number of hydrogen-bond donors (Lipinski definition) is 1. The molecule has 0 atom stereocenters. The molecule has 0 aliphatic carbocycles. The molecule has 0 fully saturated rings. The van der Waals surface area contributed by atoms with E-state index < -0.39 is 29.2 Å². The molecule has 0 amide bonds. The average molecular weight is 606 g/mol. The number of rotatable bonds is 3. The Morgan fingerprint density at radius 3 is 2.18 bits per heavy atom. The van der Waals surface area contributed by atoms with Crippen LogP contribution in [0.5, 0.6) is 5.75 Å². The van der Waals surface area contributed by atoms with Gasteiger partial charge in [-0.05, 0) is 74.3 Å². The lowest BCUT2D eigenvalue weighted by atomic mass is 10.1. The molecule has 0 aliphatic heterocycles. The van der Waals surface area contributed by atoms with Gasteiger partial charge in [-0.3, -0.25) is 9.59 Å². The predicted molar refractivity (Wildman–Crippen MR) is 120 cm³/mol. The number of aldehydes is 1. The van der Waals surface area contributed by atoms with E-state index in [-0.39, 0.29) is 39.9 Å². The largest absolute Gasteiger partial charge is 0.506 e. The molecular weight excluding hydrogens is 595 g/mol. The zero-order valence-electron chi connectivity index (χ0n) is 16.6. The van der Waals surface area contributed by atoms with Gasteiger partial charge < -0.3 is 9.52 Å². The van der Waals surface area contributed by atoms with Crippen LogP contribution in [0.25, 0.3) is 11.0 Å². The van der Waals surface area contributed by atoms with E-state index in [9.17, 15) is 31.5 Å². The van der Waals surface area contributed by atoms with Gasteiger partial charge in [0.15, 0.2) is 17.6 Å². The van der Waals surface area contributed by atoms with Crippen molar-refractivity contribution >= 4 is 54.9 Å². The summed E-state index contributed by atoms with van der Waals surface area (Å²) in [7, 11) is 0. The summed E-state index contributed by atoms with van der Waals surface area (Å²) in [5.41, 5.74) is -1.32. The first-order chi connectivity index (χ1) is 15.9. The van der Waals surface area contributed by atoms with Crippen LogP contribution in [0.15, 0.2) is 68.0 Å². The summed E-state index contributed by atoms with van der Waals surface area (Å²) in [4.78, 5) is 22.5. The van der Waals surface area contributed by atoms with Gasteiger partial charge in [-0.25, -0.2) is 8.78 Å². The maximum absolute atomic E-state index is 13.7. The van der Waals surface area contributed by atoms with Crippen LogP contribution in [0.3, 0.4) is 0 Å². The summed E-state index contributed by atoms with van der Waals surface area (Å²) < 4.78 is 70.5. The fourth-order valence-electron chi connectivity index (χ4n) is 2.82. The molecule has 4 nitrogen and oxygen atoms in total. The second kappa shape index (κ2) is 10.1. The van der Waals surface area contributed by atoms with Gasteiger partial charge in [0.05, 0.1) is 25.5 Å². The van der Waals surface area contributed by atoms with Crippen LogP contribution in [0, 0.1) is 11.6 Å². The first-order valence-electron chi connectivity index (χ1n) is 9.15. The quantitative estimate of drug-likeness (QED) is 0.148. The molecule has 176 valence electrons. The lowest BCUT2D eigenvalue weighted by molar-refractivity contribution is -0.137. The third-order valence-corrected chi connectivity index (χ3v) is 5.75. The zero-order valence-corrected chi connectivity index (χ0v) is 19.8. The number of phenolic OH excluding ortho intramolecular Hbond substituents is 1. The van der Waals surface area contributed by atoms with E-state index in [0.717, 1.165) is 24.3 Å². The van der Waals surface area contributed by atoms with E-state index in [1.165, 1.54) is 30.3 Å². The second-order valence-corrected chi connectivity index (χ2v) is 8.41. The van der Waals surface area contributed by atoms with Gasteiger partial charge in [0, 0.05) is 5.56 Å². The Morgan fingerprint density at radius 1 is 0.941 bits per heavy atom. The monoisotopic (exact) mass is 604 g/mol. The molecular formula is C23H11Br2F5O4. The number of benzene rings is 3. The molecule has 4 aromatic rings. The van der Waals surface area contributed by atoms with Crippen molar-refractivity contribution in [3.63, 3.8) is 0 Å². The number of furan rings is 1. The number of hydrogen-bond acceptors (Lipinski definition) is 4. The molecule has 0 radical (unpaired) electrons. The maximum Gasteiger partial charge on any atom is 0.416 e. The van der Waals surface area contributed by atoms with Crippen LogP contribution in [0.4, 0.5) is 22.0 Å². The van der Waals surface area contributed by atoms with Gasteiger partial charge in [-0.15, -0.1) is 0 Å². The van der Waals surface area contributed by atoms with E-state index in [4.69, 9.17) is 9.52 Å². The van der Waals surface area contributed by atoms with Crippen LogP contribution < -0.4 is 0 Å². The Kier molecular flexibility index (Phi) is 7.57. The minimum Gasteiger partial charge on any atom is -0.506 e. The number of alkyl halides is 3. The molecule has 1 aromatic heterocycles. The number of aromatic hydroxyl groups is 1. The Bertz CT molecular complexity index is 1360. The Hall–Kier alpha value is -3.05. The van der Waals surface area contributed by atoms with Gasteiger partial charge in [0.2, 0.25) is 5.78 Å². The van der Waals surface area contributed by atoms with Crippen molar-refractivity contribution in [3.05, 3.63) is 97.6 Å². The minimum atomic E-state index is -4.56. The summed E-state index contributed by atoms with van der Waals surface area (Å²) in [6.45, 7) is 0. The van der Waals surface area contributed by atoms with Gasteiger partial charge in [-0.2, -0.15) is 13.2 Å². The Morgan fingerprint density at radius 2 is 1.59 bits per heavy atom. The highest BCUT2D eigenvalue weighted by molar-refractivity contribution is 9.11. The normalized spacial score (nSPS) is 11.1. The number of phenols is 1. The van der Waals surface area contributed by atoms with E-state index >= 15 is 0 Å². The lowest BCUT2D eigenvalue weighted by Gasteiger charge is -2.07. The molecule has 1 heterocycles. The summed E-state index contributed by atoms with van der Waals surface area (Å²) in [6, 6.07) is 10.2. The van der Waals surface area contributed by atoms with Crippen molar-refractivity contribution in [2.24, 2.45) is 0 Å². The SMILES string of the molecule is O=C(c1cccc(C(F)(F)F)c1)c1cc2c(F)ccc(Br)c2o1.O=Cc1c(F)ccc(Br)c1O. The van der Waals surface area contributed by atoms with Crippen LogP contribution in [0.1, 0.15) is 32.0 Å². The maximum atomic E-state index is 13.7. The van der Waals surface area contributed by atoms with E-state index in [0.29, 0.717) is 8.95 Å². The third-order valence-electron chi connectivity index (χ3n) is 4.49. The van der Waals surface area contributed by atoms with Gasteiger partial charge in [0.25, 0.3) is 0 Å². The lowest BCUT2D eigenvalue weighted by Crippen LogP contribution is -2.07. The summed E-state index contributed by atoms with van der Waals surface area (Å²) in [6.07, 6.45) is -4.28. The first-order valence-corrected chi connectivity index (χ1v) is 10.7. The summed E-state index contributed by atoms with van der Waals surface area (Å²) >= 11 is 6.11. The molecule has 34 heavy (non-hydrogen) atoms. The van der Waals surface area contributed by atoms with Crippen molar-refractivity contribution < 1.29 is 41.1 Å². The Balaban J connectivity index is 0.000000248. The molecule has 11 heteroatoms. The fourth-order valence-corrected chi connectivity index (χ4v) is 3.59. The van der Waals surface area contributed by atoms with Crippen molar-refractivity contribution in [2.45, 2.75) is 6.18 Å². The molecule has 3 aromatic carbocycles. The molecule has 0 saturated heterocycles. The average Bonchev–Trinajstić information content (AvgIpc) is 3.26. The zero-order chi connectivity index (χ0) is 25.2. The molecule has 0 aliphatic rings. The predicted octanol–water partition coefficient (Wildman–Crippen LogP) is 7.69. The molecule has 0 saturated carbocycles. The van der Waals surface area contributed by atoms with Crippen molar-refractivity contribution in [1.82, 2.24) is 0 Å². The molecule has 4 rings (SSSR count). The first kappa shape index (κ1) is 25.6. The number of carbonyl (C=O) groups excluding carboxylic acids is 2. The highest BCUT2D eigenvalue weighted by Gasteiger charge is 2.31. The van der Waals surface area contributed by atoms with Gasteiger partial charge in [0.1, 0.15) is 17.4 Å². The van der Waals surface area contributed by atoms with E-state index in [2.05, 4.69) is 31.9 Å². The Labute approximate surface area is 205 Å². The smallest absolute Gasteiger partial charge is 0.416 e. The minimum absolute atomic E-state index is 0.0784. The van der Waals surface area contributed by atoms with Crippen LogP contribution >= 0.6 is 31.9 Å². The number of fused-ring (bicyclic) bond motifs is 1. The van der Waals surface area contributed by atoms with Crippen molar-refractivity contribution in [1.29, 1.82) is 0 Å². The molecule has 0 bridgehead atoms. The van der Waals surface area contributed by atoms with Crippen LogP contribution in [0.2, 0.25) is 0 Å². The summed E-state index contributed by atoms with van der Waals surface area (Å²) in [5, 5.41) is 9.14. The van der Waals surface area contributed by atoms with Gasteiger partial charge in [-0.1, -0.05) is 12.1 Å². The second-order valence-electron chi connectivity index (χ2n) is 6.70. The standard InChI is InChI=1S/C16H7BrF4O2.C7H4BrFO2/c17-11-4-5-12(18)10-7-13(23-15(10)11)14(22)8-2-1-3-9(6-8)16(19,20)21;8-5-1-2-6(9)4(3-10)7(5)11/h1-7H;1-3,11H. The van der Waals surface area contributed by atoms with Gasteiger partial charge >= 0.3 is 6.18 Å². The number of ketones is 1. The highest BCUT2D eigenvalue weighted by atomic mass is 79.9.